The van der Waals surface area contributed by atoms with Crippen LogP contribution in [-0.2, 0) is 13.7 Å². The number of rotatable bonds is 4. The SMILES string of the molecule is COc1ccc(Cl)cc1COc1cnn(C)c1. The van der Waals surface area contributed by atoms with Crippen molar-refractivity contribution in [2.75, 3.05) is 7.11 Å². The van der Waals surface area contributed by atoms with Crippen molar-refractivity contribution in [3.05, 3.63) is 41.2 Å². The number of hydrogen-bond donors (Lipinski definition) is 0. The molecule has 0 saturated heterocycles. The topological polar surface area (TPSA) is 36.3 Å². The summed E-state index contributed by atoms with van der Waals surface area (Å²) in [6.07, 6.45) is 3.47. The lowest BCUT2D eigenvalue weighted by molar-refractivity contribution is 0.296. The standard InChI is InChI=1S/C12H13ClN2O2/c1-15-7-11(6-14-15)17-8-9-5-10(13)3-4-12(9)16-2/h3-7H,8H2,1-2H3. The number of ether oxygens (including phenoxy) is 2. The van der Waals surface area contributed by atoms with E-state index >= 15 is 0 Å². The summed E-state index contributed by atoms with van der Waals surface area (Å²) in [6.45, 7) is 0.398. The molecule has 0 aliphatic heterocycles. The van der Waals surface area contributed by atoms with Gasteiger partial charge in [-0.25, -0.2) is 0 Å². The molecule has 2 aromatic rings. The van der Waals surface area contributed by atoms with Gasteiger partial charge in [0.25, 0.3) is 0 Å². The first-order chi connectivity index (χ1) is 8.19. The Hall–Kier alpha value is -1.68. The van der Waals surface area contributed by atoms with Gasteiger partial charge in [-0.3, -0.25) is 4.68 Å². The number of aryl methyl sites for hydroxylation is 1. The molecule has 0 amide bonds. The van der Waals surface area contributed by atoms with Gasteiger partial charge >= 0.3 is 0 Å². The van der Waals surface area contributed by atoms with Gasteiger partial charge in [-0.05, 0) is 18.2 Å². The molecule has 4 nitrogen and oxygen atoms in total. The Morgan fingerprint density at radius 2 is 2.24 bits per heavy atom. The summed E-state index contributed by atoms with van der Waals surface area (Å²) in [5.74, 6) is 1.48. The highest BCUT2D eigenvalue weighted by Crippen LogP contribution is 2.24. The minimum Gasteiger partial charge on any atom is -0.496 e. The Morgan fingerprint density at radius 3 is 2.88 bits per heavy atom. The van der Waals surface area contributed by atoms with Crippen LogP contribution in [0.3, 0.4) is 0 Å². The predicted molar refractivity (Wildman–Crippen MR) is 65.5 cm³/mol. The molecule has 17 heavy (non-hydrogen) atoms. The summed E-state index contributed by atoms with van der Waals surface area (Å²) < 4.78 is 12.5. The second kappa shape index (κ2) is 5.10. The van der Waals surface area contributed by atoms with Gasteiger partial charge < -0.3 is 9.47 Å². The number of methoxy groups -OCH3 is 1. The second-order valence-electron chi connectivity index (χ2n) is 3.59. The normalized spacial score (nSPS) is 10.3. The first-order valence-electron chi connectivity index (χ1n) is 5.13. The minimum atomic E-state index is 0.398. The van der Waals surface area contributed by atoms with Gasteiger partial charge in [0.05, 0.1) is 19.5 Å². The molecule has 1 aromatic carbocycles. The first kappa shape index (κ1) is 11.8. The third-order valence-corrected chi connectivity index (χ3v) is 2.55. The monoisotopic (exact) mass is 252 g/mol. The molecule has 0 aliphatic carbocycles. The number of aromatic nitrogens is 2. The molecule has 0 fully saturated rings. The molecule has 5 heteroatoms. The van der Waals surface area contributed by atoms with Gasteiger partial charge in [0.15, 0.2) is 5.75 Å². The summed E-state index contributed by atoms with van der Waals surface area (Å²) in [6, 6.07) is 5.44. The molecule has 0 unspecified atom stereocenters. The van der Waals surface area contributed by atoms with Crippen molar-refractivity contribution in [1.29, 1.82) is 0 Å². The van der Waals surface area contributed by atoms with E-state index < -0.39 is 0 Å². The van der Waals surface area contributed by atoms with Crippen molar-refractivity contribution in [1.82, 2.24) is 9.78 Å². The molecule has 0 radical (unpaired) electrons. The van der Waals surface area contributed by atoms with Gasteiger partial charge in [0.2, 0.25) is 0 Å². The zero-order valence-corrected chi connectivity index (χ0v) is 10.4. The molecule has 1 heterocycles. The Morgan fingerprint density at radius 1 is 1.41 bits per heavy atom. The van der Waals surface area contributed by atoms with Crippen LogP contribution in [0.5, 0.6) is 11.5 Å². The van der Waals surface area contributed by atoms with Crippen LogP contribution in [0.15, 0.2) is 30.6 Å². The van der Waals surface area contributed by atoms with Crippen molar-refractivity contribution in [3.63, 3.8) is 0 Å². The van der Waals surface area contributed by atoms with Gasteiger partial charge in [-0.15, -0.1) is 0 Å². The predicted octanol–water partition coefficient (Wildman–Crippen LogP) is 2.66. The van der Waals surface area contributed by atoms with Crippen molar-refractivity contribution in [3.8, 4) is 11.5 Å². The maximum atomic E-state index is 5.93. The fourth-order valence-electron chi connectivity index (χ4n) is 1.49. The number of halogens is 1. The van der Waals surface area contributed by atoms with Crippen molar-refractivity contribution < 1.29 is 9.47 Å². The summed E-state index contributed by atoms with van der Waals surface area (Å²) >= 11 is 5.93. The number of benzene rings is 1. The lowest BCUT2D eigenvalue weighted by atomic mass is 10.2. The summed E-state index contributed by atoms with van der Waals surface area (Å²) in [7, 11) is 3.46. The van der Waals surface area contributed by atoms with E-state index in [2.05, 4.69) is 5.10 Å². The third-order valence-electron chi connectivity index (χ3n) is 2.32. The lowest BCUT2D eigenvalue weighted by Gasteiger charge is -2.09. The molecule has 0 atom stereocenters. The zero-order valence-electron chi connectivity index (χ0n) is 9.68. The summed E-state index contributed by atoms with van der Waals surface area (Å²) in [4.78, 5) is 0. The van der Waals surface area contributed by atoms with Crippen LogP contribution < -0.4 is 9.47 Å². The highest BCUT2D eigenvalue weighted by Gasteiger charge is 2.05. The average Bonchev–Trinajstić information content (AvgIpc) is 2.73. The van der Waals surface area contributed by atoms with Crippen LogP contribution in [0.1, 0.15) is 5.56 Å². The Balaban J connectivity index is 2.10. The zero-order chi connectivity index (χ0) is 12.3. The molecule has 0 aliphatic rings. The van der Waals surface area contributed by atoms with Crippen molar-refractivity contribution >= 4 is 11.6 Å². The molecule has 2 rings (SSSR count). The van der Waals surface area contributed by atoms with Gasteiger partial charge in [-0.1, -0.05) is 11.6 Å². The molecule has 0 spiro atoms. The number of nitrogens with zero attached hydrogens (tertiary/aromatic N) is 2. The Bertz CT molecular complexity index is 511. The average molecular weight is 253 g/mol. The summed E-state index contributed by atoms with van der Waals surface area (Å²) in [5, 5.41) is 4.69. The Labute approximate surface area is 105 Å². The van der Waals surface area contributed by atoms with Crippen LogP contribution in [-0.4, -0.2) is 16.9 Å². The van der Waals surface area contributed by atoms with Crippen LogP contribution in [0.4, 0.5) is 0 Å². The largest absolute Gasteiger partial charge is 0.496 e. The van der Waals surface area contributed by atoms with Gasteiger partial charge in [0.1, 0.15) is 12.4 Å². The smallest absolute Gasteiger partial charge is 0.157 e. The molecule has 1 aromatic heterocycles. The molecule has 90 valence electrons. The van der Waals surface area contributed by atoms with E-state index in [9.17, 15) is 0 Å². The minimum absolute atomic E-state index is 0.398. The highest BCUT2D eigenvalue weighted by molar-refractivity contribution is 6.30. The second-order valence-corrected chi connectivity index (χ2v) is 4.03. The van der Waals surface area contributed by atoms with E-state index in [1.54, 1.807) is 30.3 Å². The lowest BCUT2D eigenvalue weighted by Crippen LogP contribution is -1.98. The highest BCUT2D eigenvalue weighted by atomic mass is 35.5. The maximum absolute atomic E-state index is 5.93. The fourth-order valence-corrected chi connectivity index (χ4v) is 1.69. The fraction of sp³-hybridized carbons (Fsp3) is 0.250. The molecular formula is C12H13ClN2O2. The van der Waals surface area contributed by atoms with E-state index in [1.165, 1.54) is 0 Å². The van der Waals surface area contributed by atoms with Gasteiger partial charge in [-0.2, -0.15) is 5.10 Å². The molecule has 0 saturated carbocycles. The Kier molecular flexibility index (Phi) is 3.54. The van der Waals surface area contributed by atoms with Crippen molar-refractivity contribution in [2.24, 2.45) is 7.05 Å². The molecule has 0 N–H and O–H groups in total. The van der Waals surface area contributed by atoms with E-state index in [1.807, 2.05) is 19.2 Å². The molecular weight excluding hydrogens is 240 g/mol. The van der Waals surface area contributed by atoms with Gasteiger partial charge in [0, 0.05) is 17.6 Å². The van der Waals surface area contributed by atoms with Crippen LogP contribution in [0.2, 0.25) is 5.02 Å². The quantitative estimate of drug-likeness (QED) is 0.839. The van der Waals surface area contributed by atoms with Crippen molar-refractivity contribution in [2.45, 2.75) is 6.61 Å². The number of hydrogen-bond acceptors (Lipinski definition) is 3. The van der Waals surface area contributed by atoms with Crippen LogP contribution in [0, 0.1) is 0 Å². The maximum Gasteiger partial charge on any atom is 0.157 e. The van der Waals surface area contributed by atoms with Crippen LogP contribution in [0.25, 0.3) is 0 Å². The van der Waals surface area contributed by atoms with E-state index in [0.717, 1.165) is 17.1 Å². The van der Waals surface area contributed by atoms with E-state index in [-0.39, 0.29) is 0 Å². The third kappa shape index (κ3) is 2.91. The first-order valence-corrected chi connectivity index (χ1v) is 5.50. The molecule has 0 bridgehead atoms. The van der Waals surface area contributed by atoms with E-state index in [4.69, 9.17) is 21.1 Å². The van der Waals surface area contributed by atoms with E-state index in [0.29, 0.717) is 11.6 Å². The summed E-state index contributed by atoms with van der Waals surface area (Å²) in [5.41, 5.74) is 0.906. The van der Waals surface area contributed by atoms with Crippen LogP contribution >= 0.6 is 11.6 Å².